The van der Waals surface area contributed by atoms with E-state index in [1.54, 1.807) is 23.5 Å². The van der Waals surface area contributed by atoms with Crippen LogP contribution in [-0.4, -0.2) is 32.3 Å². The number of thioether (sulfide) groups is 2. The number of hydrogen-bond donors (Lipinski definition) is 0. The lowest BCUT2D eigenvalue weighted by Crippen LogP contribution is -1.99. The highest BCUT2D eigenvalue weighted by molar-refractivity contribution is 7.99. The zero-order chi connectivity index (χ0) is 10.8. The molecule has 6 heteroatoms. The van der Waals surface area contributed by atoms with Gasteiger partial charge in [0, 0.05) is 6.54 Å². The molecule has 2 rings (SSSR count). The SMILES string of the molecule is CCn1ncc2c(SC)nc(SC)nc21. The lowest BCUT2D eigenvalue weighted by atomic mass is 10.4. The fourth-order valence-electron chi connectivity index (χ4n) is 1.39. The van der Waals surface area contributed by atoms with E-state index in [4.69, 9.17) is 0 Å². The van der Waals surface area contributed by atoms with Gasteiger partial charge in [0.1, 0.15) is 5.03 Å². The van der Waals surface area contributed by atoms with Crippen LogP contribution in [0.2, 0.25) is 0 Å². The van der Waals surface area contributed by atoms with Crippen LogP contribution >= 0.6 is 23.5 Å². The summed E-state index contributed by atoms with van der Waals surface area (Å²) in [7, 11) is 0. The Morgan fingerprint density at radius 2 is 2.07 bits per heavy atom. The quantitative estimate of drug-likeness (QED) is 0.468. The molecule has 0 aromatic carbocycles. The zero-order valence-electron chi connectivity index (χ0n) is 8.89. The Labute approximate surface area is 96.9 Å². The number of fused-ring (bicyclic) bond motifs is 1. The standard InChI is InChI=1S/C9H12N4S2/c1-4-13-7-6(5-10-13)8(14-2)12-9(11-7)15-3/h5H,4H2,1-3H3. The average molecular weight is 240 g/mol. The van der Waals surface area contributed by atoms with Crippen molar-refractivity contribution in [3.63, 3.8) is 0 Å². The molecule has 0 saturated carbocycles. The summed E-state index contributed by atoms with van der Waals surface area (Å²) in [5.74, 6) is 0. The summed E-state index contributed by atoms with van der Waals surface area (Å²) in [5, 5.41) is 7.14. The smallest absolute Gasteiger partial charge is 0.190 e. The molecule has 0 bridgehead atoms. The fourth-order valence-corrected chi connectivity index (χ4v) is 2.35. The van der Waals surface area contributed by atoms with E-state index in [-0.39, 0.29) is 0 Å². The first-order chi connectivity index (χ1) is 7.30. The maximum Gasteiger partial charge on any atom is 0.190 e. The number of nitrogens with zero attached hydrogens (tertiary/aromatic N) is 4. The van der Waals surface area contributed by atoms with Gasteiger partial charge < -0.3 is 0 Å². The second-order valence-corrected chi connectivity index (χ2v) is 4.49. The van der Waals surface area contributed by atoms with Crippen molar-refractivity contribution in [3.8, 4) is 0 Å². The van der Waals surface area contributed by atoms with Gasteiger partial charge in [-0.2, -0.15) is 5.10 Å². The third-order valence-electron chi connectivity index (χ3n) is 2.12. The Hall–Kier alpha value is -0.750. The minimum atomic E-state index is 0.807. The summed E-state index contributed by atoms with van der Waals surface area (Å²) in [6.07, 6.45) is 5.85. The van der Waals surface area contributed by atoms with E-state index in [9.17, 15) is 0 Å². The Morgan fingerprint density at radius 3 is 2.67 bits per heavy atom. The summed E-state index contributed by atoms with van der Waals surface area (Å²) >= 11 is 3.19. The molecule has 4 nitrogen and oxygen atoms in total. The van der Waals surface area contributed by atoms with Crippen molar-refractivity contribution < 1.29 is 0 Å². The summed E-state index contributed by atoms with van der Waals surface area (Å²) in [5.41, 5.74) is 0.932. The summed E-state index contributed by atoms with van der Waals surface area (Å²) in [4.78, 5) is 8.92. The van der Waals surface area contributed by atoms with Gasteiger partial charge in [0.25, 0.3) is 0 Å². The predicted octanol–water partition coefficient (Wildman–Crippen LogP) is 2.29. The van der Waals surface area contributed by atoms with Gasteiger partial charge >= 0.3 is 0 Å². The van der Waals surface area contributed by atoms with Crippen molar-refractivity contribution >= 4 is 34.6 Å². The van der Waals surface area contributed by atoms with Gasteiger partial charge in [0.2, 0.25) is 0 Å². The highest BCUT2D eigenvalue weighted by atomic mass is 32.2. The first-order valence-electron chi connectivity index (χ1n) is 4.61. The molecule has 2 aromatic heterocycles. The molecule has 0 amide bonds. The van der Waals surface area contributed by atoms with Crippen molar-refractivity contribution in [1.82, 2.24) is 19.7 Å². The molecule has 0 unspecified atom stereocenters. The van der Waals surface area contributed by atoms with Crippen molar-refractivity contribution in [2.45, 2.75) is 23.7 Å². The van der Waals surface area contributed by atoms with Crippen molar-refractivity contribution in [1.29, 1.82) is 0 Å². The number of rotatable bonds is 3. The lowest BCUT2D eigenvalue weighted by molar-refractivity contribution is 0.672. The molecule has 0 saturated heterocycles. The number of aryl methyl sites for hydroxylation is 1. The third-order valence-corrected chi connectivity index (χ3v) is 3.36. The lowest BCUT2D eigenvalue weighted by Gasteiger charge is -2.02. The van der Waals surface area contributed by atoms with Crippen LogP contribution in [0.15, 0.2) is 16.4 Å². The van der Waals surface area contributed by atoms with Crippen molar-refractivity contribution in [2.24, 2.45) is 0 Å². The Morgan fingerprint density at radius 1 is 1.27 bits per heavy atom. The molecular formula is C9H12N4S2. The molecule has 0 atom stereocenters. The minimum Gasteiger partial charge on any atom is -0.247 e. The van der Waals surface area contributed by atoms with Crippen LogP contribution in [0.4, 0.5) is 0 Å². The van der Waals surface area contributed by atoms with Crippen LogP contribution in [0.3, 0.4) is 0 Å². The molecule has 0 aliphatic carbocycles. The second kappa shape index (κ2) is 4.40. The van der Waals surface area contributed by atoms with E-state index in [1.165, 1.54) is 0 Å². The van der Waals surface area contributed by atoms with E-state index >= 15 is 0 Å². The summed E-state index contributed by atoms with van der Waals surface area (Å²) < 4.78 is 1.90. The first-order valence-corrected chi connectivity index (χ1v) is 7.06. The second-order valence-electron chi connectivity index (χ2n) is 2.92. The first kappa shape index (κ1) is 10.8. The van der Waals surface area contributed by atoms with Gasteiger partial charge in [0.05, 0.1) is 11.6 Å². The van der Waals surface area contributed by atoms with E-state index in [2.05, 4.69) is 22.0 Å². The molecule has 0 aliphatic rings. The molecule has 15 heavy (non-hydrogen) atoms. The molecule has 2 aromatic rings. The highest BCUT2D eigenvalue weighted by Crippen LogP contribution is 2.25. The summed E-state index contributed by atoms with van der Waals surface area (Å²) in [6.45, 7) is 2.90. The number of aromatic nitrogens is 4. The third kappa shape index (κ3) is 1.83. The van der Waals surface area contributed by atoms with Crippen LogP contribution in [0, 0.1) is 0 Å². The van der Waals surface area contributed by atoms with Gasteiger partial charge in [-0.15, -0.1) is 11.8 Å². The molecule has 0 aliphatic heterocycles. The molecule has 2 heterocycles. The maximum atomic E-state index is 4.47. The predicted molar refractivity (Wildman–Crippen MR) is 64.6 cm³/mol. The van der Waals surface area contributed by atoms with Gasteiger partial charge in [-0.05, 0) is 19.4 Å². The molecular weight excluding hydrogens is 228 g/mol. The molecule has 0 spiro atoms. The molecule has 0 radical (unpaired) electrons. The van der Waals surface area contributed by atoms with Gasteiger partial charge in [-0.3, -0.25) is 0 Å². The highest BCUT2D eigenvalue weighted by Gasteiger charge is 2.10. The molecule has 80 valence electrons. The Bertz CT molecular complexity index is 480. The van der Waals surface area contributed by atoms with E-state index in [0.717, 1.165) is 27.8 Å². The number of hydrogen-bond acceptors (Lipinski definition) is 5. The van der Waals surface area contributed by atoms with E-state index < -0.39 is 0 Å². The Kier molecular flexibility index (Phi) is 3.16. The average Bonchev–Trinajstić information content (AvgIpc) is 2.70. The largest absolute Gasteiger partial charge is 0.247 e. The zero-order valence-corrected chi connectivity index (χ0v) is 10.5. The fraction of sp³-hybridized carbons (Fsp3) is 0.444. The summed E-state index contributed by atoms with van der Waals surface area (Å²) in [6, 6.07) is 0. The van der Waals surface area contributed by atoms with E-state index in [1.807, 2.05) is 23.4 Å². The molecule has 0 fully saturated rings. The van der Waals surface area contributed by atoms with Crippen molar-refractivity contribution in [3.05, 3.63) is 6.20 Å². The topological polar surface area (TPSA) is 43.6 Å². The maximum absolute atomic E-state index is 4.47. The van der Waals surface area contributed by atoms with E-state index in [0.29, 0.717) is 0 Å². The van der Waals surface area contributed by atoms with Gasteiger partial charge in [-0.25, -0.2) is 14.6 Å². The van der Waals surface area contributed by atoms with Crippen LogP contribution in [0.25, 0.3) is 11.0 Å². The van der Waals surface area contributed by atoms with Crippen LogP contribution < -0.4 is 0 Å². The van der Waals surface area contributed by atoms with Crippen LogP contribution in [0.1, 0.15) is 6.92 Å². The Balaban J connectivity index is 2.71. The minimum absolute atomic E-state index is 0.807. The van der Waals surface area contributed by atoms with Crippen molar-refractivity contribution in [2.75, 3.05) is 12.5 Å². The molecule has 0 N–H and O–H groups in total. The monoisotopic (exact) mass is 240 g/mol. The normalized spacial score (nSPS) is 11.1. The van der Waals surface area contributed by atoms with Gasteiger partial charge in [-0.1, -0.05) is 11.8 Å². The van der Waals surface area contributed by atoms with Gasteiger partial charge in [0.15, 0.2) is 10.8 Å². The van der Waals surface area contributed by atoms with Crippen LogP contribution in [0.5, 0.6) is 0 Å². The van der Waals surface area contributed by atoms with Crippen LogP contribution in [-0.2, 0) is 6.54 Å².